The molecule has 136 valence electrons. The minimum Gasteiger partial charge on any atom is -0.508 e. The predicted molar refractivity (Wildman–Crippen MR) is 107 cm³/mol. The number of nitrogens with zero attached hydrogens (tertiary/aromatic N) is 5. The summed E-state index contributed by atoms with van der Waals surface area (Å²) in [5.74, 6) is 1.47. The maximum absolute atomic E-state index is 9.39. The van der Waals surface area contributed by atoms with Crippen molar-refractivity contribution in [2.75, 3.05) is 17.3 Å². The van der Waals surface area contributed by atoms with Crippen LogP contribution in [0.2, 0.25) is 0 Å². The average Bonchev–Trinajstić information content (AvgIpc) is 2.96. The Morgan fingerprint density at radius 2 is 1.85 bits per heavy atom. The van der Waals surface area contributed by atoms with Gasteiger partial charge in [0.05, 0.1) is 5.52 Å². The van der Waals surface area contributed by atoms with Crippen LogP contribution in [0.4, 0.5) is 23.1 Å². The molecule has 0 aliphatic heterocycles. The fourth-order valence-electron chi connectivity index (χ4n) is 2.93. The molecular weight excluding hydrogens is 340 g/mol. The Bertz CT molecular complexity index is 1100. The molecule has 0 saturated heterocycles. The van der Waals surface area contributed by atoms with Crippen molar-refractivity contribution in [2.24, 2.45) is 7.05 Å². The van der Waals surface area contributed by atoms with Gasteiger partial charge in [0.1, 0.15) is 11.6 Å². The molecule has 2 N–H and O–H groups in total. The summed E-state index contributed by atoms with van der Waals surface area (Å²) >= 11 is 0. The van der Waals surface area contributed by atoms with Gasteiger partial charge < -0.3 is 15.3 Å². The van der Waals surface area contributed by atoms with E-state index in [4.69, 9.17) is 0 Å². The lowest BCUT2D eigenvalue weighted by Gasteiger charge is -2.19. The zero-order valence-electron chi connectivity index (χ0n) is 15.4. The van der Waals surface area contributed by atoms with Crippen LogP contribution in [0.15, 0.2) is 54.7 Å². The molecule has 0 bridgehead atoms. The zero-order chi connectivity index (χ0) is 19.0. The number of phenolic OH excluding ortho intramolecular Hbond substituents is 1. The fraction of sp³-hybridized carbons (Fsp3) is 0.150. The van der Waals surface area contributed by atoms with E-state index < -0.39 is 0 Å². The summed E-state index contributed by atoms with van der Waals surface area (Å²) < 4.78 is 1.89. The first kappa shape index (κ1) is 16.8. The van der Waals surface area contributed by atoms with Gasteiger partial charge in [0.25, 0.3) is 0 Å². The molecular formula is C20H20N6O. The largest absolute Gasteiger partial charge is 0.508 e. The lowest BCUT2D eigenvalue weighted by Crippen LogP contribution is -2.12. The van der Waals surface area contributed by atoms with Crippen LogP contribution < -0.4 is 10.2 Å². The molecule has 0 aliphatic carbocycles. The Morgan fingerprint density at radius 1 is 1.07 bits per heavy atom. The maximum atomic E-state index is 9.39. The minimum absolute atomic E-state index is 0.218. The van der Waals surface area contributed by atoms with Crippen LogP contribution >= 0.6 is 0 Å². The number of hydrogen-bond donors (Lipinski definition) is 2. The molecule has 7 heteroatoms. The molecule has 0 unspecified atom stereocenters. The van der Waals surface area contributed by atoms with Gasteiger partial charge in [-0.05, 0) is 55.5 Å². The second kappa shape index (κ2) is 6.60. The summed E-state index contributed by atoms with van der Waals surface area (Å²) in [5, 5.41) is 18.2. The van der Waals surface area contributed by atoms with Gasteiger partial charge in [0.2, 0.25) is 5.95 Å². The molecule has 7 nitrogen and oxygen atoms in total. The molecule has 2 aromatic carbocycles. The van der Waals surface area contributed by atoms with Crippen molar-refractivity contribution in [3.63, 3.8) is 0 Å². The van der Waals surface area contributed by atoms with E-state index in [0.717, 1.165) is 33.8 Å². The number of nitrogens with one attached hydrogen (secondary N) is 1. The van der Waals surface area contributed by atoms with E-state index >= 15 is 0 Å². The number of rotatable bonds is 4. The van der Waals surface area contributed by atoms with Crippen molar-refractivity contribution in [1.29, 1.82) is 0 Å². The highest BCUT2D eigenvalue weighted by Crippen LogP contribution is 2.27. The highest BCUT2D eigenvalue weighted by molar-refractivity contribution is 5.85. The van der Waals surface area contributed by atoms with E-state index in [1.165, 1.54) is 0 Å². The highest BCUT2D eigenvalue weighted by atomic mass is 16.3. The summed E-state index contributed by atoms with van der Waals surface area (Å²) in [7, 11) is 3.91. The normalized spacial score (nSPS) is 10.9. The molecule has 2 heterocycles. The quantitative estimate of drug-likeness (QED) is 0.538. The Hall–Kier alpha value is -3.61. The second-order valence-corrected chi connectivity index (χ2v) is 6.38. The fourth-order valence-corrected chi connectivity index (χ4v) is 2.93. The van der Waals surface area contributed by atoms with Crippen LogP contribution in [0.1, 0.15) is 5.69 Å². The first-order valence-electron chi connectivity index (χ1n) is 8.57. The van der Waals surface area contributed by atoms with Crippen LogP contribution in [0.5, 0.6) is 5.75 Å². The standard InChI is InChI=1S/C20H20N6O/c1-13-17-9-6-15(12-18(17)24-26(13)3)25(2)19-10-11-21-20(23-19)22-14-4-7-16(27)8-5-14/h4-12,27H,1-3H3,(H,21,22,23). The Labute approximate surface area is 156 Å². The molecule has 0 fully saturated rings. The molecule has 0 amide bonds. The lowest BCUT2D eigenvalue weighted by molar-refractivity contribution is 0.475. The zero-order valence-corrected chi connectivity index (χ0v) is 15.4. The first-order chi connectivity index (χ1) is 13.0. The Morgan fingerprint density at radius 3 is 2.63 bits per heavy atom. The Kier molecular flexibility index (Phi) is 4.12. The average molecular weight is 360 g/mol. The van der Waals surface area contributed by atoms with Crippen molar-refractivity contribution >= 4 is 34.0 Å². The van der Waals surface area contributed by atoms with E-state index in [-0.39, 0.29) is 5.75 Å². The van der Waals surface area contributed by atoms with Gasteiger partial charge in [-0.1, -0.05) is 0 Å². The number of aryl methyl sites for hydroxylation is 2. The molecule has 0 spiro atoms. The number of hydrogen-bond acceptors (Lipinski definition) is 6. The van der Waals surface area contributed by atoms with Gasteiger partial charge in [0.15, 0.2) is 0 Å². The first-order valence-corrected chi connectivity index (χ1v) is 8.57. The van der Waals surface area contributed by atoms with Crippen molar-refractivity contribution < 1.29 is 5.11 Å². The van der Waals surface area contributed by atoms with Gasteiger partial charge in [-0.15, -0.1) is 0 Å². The molecule has 4 aromatic rings. The SMILES string of the molecule is Cc1c2ccc(N(C)c3ccnc(Nc4ccc(O)cc4)n3)cc2nn1C. The smallest absolute Gasteiger partial charge is 0.229 e. The molecule has 0 aliphatic rings. The molecule has 4 rings (SSSR count). The predicted octanol–water partition coefficient (Wildman–Crippen LogP) is 3.89. The van der Waals surface area contributed by atoms with Crippen molar-refractivity contribution in [3.8, 4) is 5.75 Å². The monoisotopic (exact) mass is 360 g/mol. The van der Waals surface area contributed by atoms with Crippen molar-refractivity contribution in [1.82, 2.24) is 19.7 Å². The van der Waals surface area contributed by atoms with Crippen LogP contribution in [-0.4, -0.2) is 31.9 Å². The minimum atomic E-state index is 0.218. The molecule has 2 aromatic heterocycles. The number of fused-ring (bicyclic) bond motifs is 1. The summed E-state index contributed by atoms with van der Waals surface area (Å²) in [6.07, 6.45) is 1.71. The number of benzene rings is 2. The highest BCUT2D eigenvalue weighted by Gasteiger charge is 2.11. The van der Waals surface area contributed by atoms with E-state index in [1.54, 1.807) is 30.5 Å². The van der Waals surface area contributed by atoms with Crippen LogP contribution in [-0.2, 0) is 7.05 Å². The molecule has 0 radical (unpaired) electrons. The summed E-state index contributed by atoms with van der Waals surface area (Å²) in [5.41, 5.74) is 3.89. The third-order valence-corrected chi connectivity index (χ3v) is 4.61. The van der Waals surface area contributed by atoms with Crippen molar-refractivity contribution in [2.45, 2.75) is 6.92 Å². The molecule has 0 atom stereocenters. The second-order valence-electron chi connectivity index (χ2n) is 6.38. The van der Waals surface area contributed by atoms with Gasteiger partial charge >= 0.3 is 0 Å². The summed E-state index contributed by atoms with van der Waals surface area (Å²) in [4.78, 5) is 10.8. The molecule has 27 heavy (non-hydrogen) atoms. The Balaban J connectivity index is 1.62. The summed E-state index contributed by atoms with van der Waals surface area (Å²) in [6, 6.07) is 14.8. The third kappa shape index (κ3) is 3.27. The van der Waals surface area contributed by atoms with Gasteiger partial charge in [-0.25, -0.2) is 4.98 Å². The molecule has 0 saturated carbocycles. The van der Waals surface area contributed by atoms with E-state index in [1.807, 2.05) is 29.7 Å². The third-order valence-electron chi connectivity index (χ3n) is 4.61. The lowest BCUT2D eigenvalue weighted by atomic mass is 10.2. The van der Waals surface area contributed by atoms with Crippen molar-refractivity contribution in [3.05, 3.63) is 60.4 Å². The topological polar surface area (TPSA) is 79.1 Å². The number of aromatic hydroxyl groups is 1. The van der Waals surface area contributed by atoms with E-state index in [2.05, 4.69) is 45.5 Å². The van der Waals surface area contributed by atoms with Gasteiger partial charge in [0, 0.05) is 42.7 Å². The number of phenols is 1. The van der Waals surface area contributed by atoms with Crippen LogP contribution in [0, 0.1) is 6.92 Å². The van der Waals surface area contributed by atoms with Crippen LogP contribution in [0.3, 0.4) is 0 Å². The van der Waals surface area contributed by atoms with Crippen LogP contribution in [0.25, 0.3) is 10.9 Å². The number of anilines is 4. The summed E-state index contributed by atoms with van der Waals surface area (Å²) in [6.45, 7) is 2.06. The van der Waals surface area contributed by atoms with E-state index in [9.17, 15) is 5.11 Å². The number of aromatic nitrogens is 4. The van der Waals surface area contributed by atoms with Gasteiger partial charge in [-0.3, -0.25) is 4.68 Å². The van der Waals surface area contributed by atoms with Gasteiger partial charge in [-0.2, -0.15) is 10.1 Å². The van der Waals surface area contributed by atoms with E-state index in [0.29, 0.717) is 5.95 Å². The maximum Gasteiger partial charge on any atom is 0.229 e.